The number of ether oxygens (including phenoxy) is 3. The summed E-state index contributed by atoms with van der Waals surface area (Å²) < 4.78 is 17.1. The van der Waals surface area contributed by atoms with Gasteiger partial charge in [0.05, 0.1) is 12.3 Å². The summed E-state index contributed by atoms with van der Waals surface area (Å²) in [6.07, 6.45) is 7.54. The maximum Gasteiger partial charge on any atom is 0.344 e. The number of aryl methyl sites for hydroxylation is 1. The van der Waals surface area contributed by atoms with Crippen molar-refractivity contribution in [2.75, 3.05) is 18.5 Å². The van der Waals surface area contributed by atoms with Crippen molar-refractivity contribution >= 4 is 34.7 Å². The van der Waals surface area contributed by atoms with Gasteiger partial charge in [-0.15, -0.1) is 0 Å². The molecule has 1 fully saturated rings. The number of hydrogen-bond donors (Lipinski definition) is 3. The zero-order valence-corrected chi connectivity index (χ0v) is 20.4. The van der Waals surface area contributed by atoms with Crippen molar-refractivity contribution in [3.8, 4) is 11.5 Å². The van der Waals surface area contributed by atoms with Crippen LogP contribution in [-0.4, -0.2) is 29.9 Å². The summed E-state index contributed by atoms with van der Waals surface area (Å²) in [6, 6.07) is 13.6. The average molecular weight is 482 g/mol. The Balaban J connectivity index is 1.50. The normalized spacial score (nSPS) is 15.9. The SMILES string of the molecule is CCOC(=O)COc1ccc2c(c1)C(NNC(=S)Nc1ccc(C)cc1)=CC1(CCCCC1)O2. The third-order valence-corrected chi connectivity index (χ3v) is 6.15. The van der Waals surface area contributed by atoms with Gasteiger partial charge in [-0.05, 0) is 88.2 Å². The number of carbonyl (C=O) groups excluding carboxylic acids is 1. The minimum atomic E-state index is -0.402. The summed E-state index contributed by atoms with van der Waals surface area (Å²) in [5.74, 6) is 0.929. The third kappa shape index (κ3) is 5.99. The number of hydrogen-bond acceptors (Lipinski definition) is 6. The number of anilines is 1. The third-order valence-electron chi connectivity index (χ3n) is 5.94. The Morgan fingerprint density at radius 1 is 1.12 bits per heavy atom. The van der Waals surface area contributed by atoms with Gasteiger partial charge in [0.1, 0.15) is 17.1 Å². The van der Waals surface area contributed by atoms with Gasteiger partial charge < -0.3 is 19.5 Å². The van der Waals surface area contributed by atoms with Crippen molar-refractivity contribution < 1.29 is 19.0 Å². The molecule has 0 radical (unpaired) electrons. The van der Waals surface area contributed by atoms with Gasteiger partial charge in [0.15, 0.2) is 11.7 Å². The summed E-state index contributed by atoms with van der Waals surface area (Å²) in [5.41, 5.74) is 9.82. The smallest absolute Gasteiger partial charge is 0.344 e. The van der Waals surface area contributed by atoms with E-state index in [1.807, 2.05) is 49.4 Å². The highest BCUT2D eigenvalue weighted by atomic mass is 32.1. The lowest BCUT2D eigenvalue weighted by Gasteiger charge is -2.39. The van der Waals surface area contributed by atoms with Gasteiger partial charge in [0, 0.05) is 11.3 Å². The monoisotopic (exact) mass is 481 g/mol. The molecule has 180 valence electrons. The highest BCUT2D eigenvalue weighted by Gasteiger charge is 2.37. The predicted molar refractivity (Wildman–Crippen MR) is 137 cm³/mol. The Labute approximate surface area is 205 Å². The molecule has 0 atom stereocenters. The number of esters is 1. The number of carbonyl (C=O) groups is 1. The largest absolute Gasteiger partial charge is 0.482 e. The lowest BCUT2D eigenvalue weighted by Crippen LogP contribution is -2.44. The first-order chi connectivity index (χ1) is 16.5. The van der Waals surface area contributed by atoms with Crippen LogP contribution in [0.4, 0.5) is 5.69 Å². The minimum absolute atomic E-state index is 0.146. The van der Waals surface area contributed by atoms with Crippen LogP contribution in [0.25, 0.3) is 5.70 Å². The molecule has 8 heteroatoms. The standard InChI is InChI=1S/C26H31N3O4S/c1-3-31-24(30)17-32-20-11-12-23-21(15-20)22(16-26(33-23)13-5-4-6-14-26)28-29-25(34)27-19-9-7-18(2)8-10-19/h7-12,15-16,28H,3-6,13-14,17H2,1-2H3,(H2,27,29,34). The van der Waals surface area contributed by atoms with Crippen molar-refractivity contribution in [1.29, 1.82) is 0 Å². The zero-order chi connectivity index (χ0) is 24.0. The van der Waals surface area contributed by atoms with Crippen molar-refractivity contribution in [2.24, 2.45) is 0 Å². The van der Waals surface area contributed by atoms with E-state index >= 15 is 0 Å². The fraction of sp³-hybridized carbons (Fsp3) is 0.385. The number of hydrazine groups is 1. The van der Waals surface area contributed by atoms with E-state index in [2.05, 4.69) is 22.2 Å². The summed E-state index contributed by atoms with van der Waals surface area (Å²) in [7, 11) is 0. The molecule has 1 aliphatic carbocycles. The predicted octanol–water partition coefficient (Wildman–Crippen LogP) is 4.86. The van der Waals surface area contributed by atoms with Gasteiger partial charge in [-0.1, -0.05) is 24.1 Å². The van der Waals surface area contributed by atoms with E-state index in [-0.39, 0.29) is 12.2 Å². The molecule has 1 saturated carbocycles. The first-order valence-electron chi connectivity index (χ1n) is 11.7. The van der Waals surface area contributed by atoms with Crippen molar-refractivity contribution in [2.45, 2.75) is 51.6 Å². The summed E-state index contributed by atoms with van der Waals surface area (Å²) in [4.78, 5) is 11.7. The molecular weight excluding hydrogens is 450 g/mol. The number of benzene rings is 2. The molecular formula is C26H31N3O4S. The highest BCUT2D eigenvalue weighted by Crippen LogP contribution is 2.43. The fourth-order valence-corrected chi connectivity index (χ4v) is 4.42. The van der Waals surface area contributed by atoms with Gasteiger partial charge >= 0.3 is 5.97 Å². The van der Waals surface area contributed by atoms with E-state index in [0.717, 1.165) is 48.4 Å². The Kier molecular flexibility index (Phi) is 7.57. The van der Waals surface area contributed by atoms with E-state index in [0.29, 0.717) is 17.5 Å². The second-order valence-corrected chi connectivity index (χ2v) is 9.02. The molecule has 0 unspecified atom stereocenters. The van der Waals surface area contributed by atoms with Crippen LogP contribution in [0.5, 0.6) is 11.5 Å². The molecule has 2 aromatic carbocycles. The van der Waals surface area contributed by atoms with Crippen LogP contribution in [0, 0.1) is 6.92 Å². The molecule has 1 spiro atoms. The van der Waals surface area contributed by atoms with Crippen LogP contribution in [0.2, 0.25) is 0 Å². The van der Waals surface area contributed by atoms with E-state index in [1.165, 1.54) is 12.0 Å². The first-order valence-corrected chi connectivity index (χ1v) is 12.1. The molecule has 0 saturated heterocycles. The van der Waals surface area contributed by atoms with Crippen molar-refractivity contribution in [3.05, 3.63) is 59.7 Å². The molecule has 2 aromatic rings. The molecule has 0 bridgehead atoms. The fourth-order valence-electron chi connectivity index (χ4n) is 4.26. The molecule has 0 amide bonds. The molecule has 1 heterocycles. The maximum atomic E-state index is 11.7. The van der Waals surface area contributed by atoms with Crippen LogP contribution >= 0.6 is 12.2 Å². The number of rotatable bonds is 7. The Hall–Kier alpha value is -3.26. The van der Waals surface area contributed by atoms with Gasteiger partial charge in [-0.2, -0.15) is 0 Å². The number of thiocarbonyl (C=S) groups is 1. The molecule has 3 N–H and O–H groups in total. The summed E-state index contributed by atoms with van der Waals surface area (Å²) in [6.45, 7) is 3.99. The minimum Gasteiger partial charge on any atom is -0.482 e. The van der Waals surface area contributed by atoms with Gasteiger partial charge in [0.25, 0.3) is 0 Å². The lowest BCUT2D eigenvalue weighted by atomic mass is 9.82. The van der Waals surface area contributed by atoms with Crippen LogP contribution in [0.15, 0.2) is 48.5 Å². The van der Waals surface area contributed by atoms with E-state index in [4.69, 9.17) is 26.4 Å². The second-order valence-electron chi connectivity index (χ2n) is 8.61. The van der Waals surface area contributed by atoms with Gasteiger partial charge in [-0.3, -0.25) is 10.9 Å². The summed E-state index contributed by atoms with van der Waals surface area (Å²) >= 11 is 5.49. The first kappa shape index (κ1) is 23.9. The second kappa shape index (κ2) is 10.8. The average Bonchev–Trinajstić information content (AvgIpc) is 2.83. The molecule has 1 aliphatic heterocycles. The number of nitrogens with one attached hydrogen (secondary N) is 3. The van der Waals surface area contributed by atoms with Crippen LogP contribution in [-0.2, 0) is 9.53 Å². The van der Waals surface area contributed by atoms with Crippen molar-refractivity contribution in [3.63, 3.8) is 0 Å². The Bertz CT molecular complexity index is 1060. The zero-order valence-electron chi connectivity index (χ0n) is 19.6. The molecule has 34 heavy (non-hydrogen) atoms. The molecule has 2 aliphatic rings. The van der Waals surface area contributed by atoms with Crippen LogP contribution in [0.3, 0.4) is 0 Å². The summed E-state index contributed by atoms with van der Waals surface area (Å²) in [5, 5.41) is 3.63. The molecule has 4 rings (SSSR count). The molecule has 7 nitrogen and oxygen atoms in total. The quantitative estimate of drug-likeness (QED) is 0.294. The Morgan fingerprint density at radius 3 is 2.62 bits per heavy atom. The Morgan fingerprint density at radius 2 is 1.88 bits per heavy atom. The van der Waals surface area contributed by atoms with Crippen LogP contribution in [0.1, 0.15) is 50.2 Å². The maximum absolute atomic E-state index is 11.7. The lowest BCUT2D eigenvalue weighted by molar-refractivity contribution is -0.145. The number of fused-ring (bicyclic) bond motifs is 1. The van der Waals surface area contributed by atoms with Crippen molar-refractivity contribution in [1.82, 2.24) is 10.9 Å². The highest BCUT2D eigenvalue weighted by molar-refractivity contribution is 7.80. The molecule has 0 aromatic heterocycles. The van der Waals surface area contributed by atoms with Crippen LogP contribution < -0.4 is 25.6 Å². The van der Waals surface area contributed by atoms with Gasteiger partial charge in [-0.25, -0.2) is 4.79 Å². The van der Waals surface area contributed by atoms with E-state index in [9.17, 15) is 4.79 Å². The topological polar surface area (TPSA) is 80.9 Å². The van der Waals surface area contributed by atoms with E-state index in [1.54, 1.807) is 6.92 Å². The van der Waals surface area contributed by atoms with Gasteiger partial charge in [0.2, 0.25) is 0 Å². The van der Waals surface area contributed by atoms with E-state index < -0.39 is 5.97 Å².